The predicted molar refractivity (Wildman–Crippen MR) is 91.9 cm³/mol. The minimum absolute atomic E-state index is 0.0180. The summed E-state index contributed by atoms with van der Waals surface area (Å²) in [5, 5.41) is 8.42. The van der Waals surface area contributed by atoms with Crippen LogP contribution in [-0.2, 0) is 17.6 Å². The van der Waals surface area contributed by atoms with Crippen molar-refractivity contribution in [3.8, 4) is 12.0 Å². The Hall–Kier alpha value is -3.31. The predicted octanol–water partition coefficient (Wildman–Crippen LogP) is 5.00. The van der Waals surface area contributed by atoms with Crippen molar-refractivity contribution in [2.24, 2.45) is 4.99 Å². The second-order valence-corrected chi connectivity index (χ2v) is 6.81. The molecule has 1 saturated carbocycles. The Balaban J connectivity index is 1.93. The zero-order chi connectivity index (χ0) is 22.2. The number of ether oxygens (including phenoxy) is 1. The first-order valence-electron chi connectivity index (χ1n) is 8.47. The number of hydrogen-bond acceptors (Lipinski definition) is 4. The monoisotopic (exact) mass is 426 g/mol. The molecule has 0 bridgehead atoms. The summed E-state index contributed by atoms with van der Waals surface area (Å²) in [7, 11) is 0. The summed E-state index contributed by atoms with van der Waals surface area (Å²) in [4.78, 5) is 13.5. The van der Waals surface area contributed by atoms with Crippen LogP contribution in [0.25, 0.3) is 0 Å². The molecule has 4 nitrogen and oxygen atoms in total. The maximum atomic E-state index is 15.3. The lowest BCUT2D eigenvalue weighted by Crippen LogP contribution is -2.87. The van der Waals surface area contributed by atoms with Crippen molar-refractivity contribution in [1.82, 2.24) is 0 Å². The first-order chi connectivity index (χ1) is 14.0. The maximum absolute atomic E-state index is 15.3. The van der Waals surface area contributed by atoms with Gasteiger partial charge in [0.25, 0.3) is 6.26 Å². The topological polar surface area (TPSA) is 62.4 Å². The summed E-state index contributed by atoms with van der Waals surface area (Å²) in [6.07, 6.45) is -0.0394. The Labute approximate surface area is 166 Å². The second kappa shape index (κ2) is 7.18. The first-order valence-corrected chi connectivity index (χ1v) is 8.47. The SMILES string of the molecule is N#COc1ccc(CC2(F)C(F)(F)C(F)(F)C2(F)Cc2ccc(N=C=O)cc2)cc1. The van der Waals surface area contributed by atoms with Crippen LogP contribution in [0.5, 0.6) is 5.75 Å². The number of rotatable bonds is 6. The quantitative estimate of drug-likeness (QED) is 0.283. The fourth-order valence-corrected chi connectivity index (χ4v) is 3.47. The van der Waals surface area contributed by atoms with Crippen LogP contribution >= 0.6 is 0 Å². The van der Waals surface area contributed by atoms with E-state index in [0.29, 0.717) is 0 Å². The molecule has 2 aromatic rings. The molecular weight excluding hydrogens is 414 g/mol. The molecule has 3 rings (SSSR count). The number of nitriles is 1. The summed E-state index contributed by atoms with van der Waals surface area (Å²) in [5.74, 6) is -10.5. The van der Waals surface area contributed by atoms with Gasteiger partial charge in [0.05, 0.1) is 5.69 Å². The van der Waals surface area contributed by atoms with Gasteiger partial charge in [0.15, 0.2) is 0 Å². The van der Waals surface area contributed by atoms with Crippen LogP contribution < -0.4 is 4.74 Å². The van der Waals surface area contributed by atoms with Gasteiger partial charge in [-0.25, -0.2) is 13.6 Å². The fourth-order valence-electron chi connectivity index (χ4n) is 3.47. The van der Waals surface area contributed by atoms with Gasteiger partial charge in [-0.05, 0) is 35.4 Å². The molecule has 0 aromatic heterocycles. The summed E-state index contributed by atoms with van der Waals surface area (Å²) >= 11 is 0. The van der Waals surface area contributed by atoms with Crippen molar-refractivity contribution >= 4 is 11.8 Å². The molecule has 0 amide bonds. The highest BCUT2D eigenvalue weighted by molar-refractivity contribution is 5.49. The maximum Gasteiger partial charge on any atom is 0.350 e. The number of aliphatic imine (C=N–C) groups is 1. The van der Waals surface area contributed by atoms with Gasteiger partial charge >= 0.3 is 11.8 Å². The van der Waals surface area contributed by atoms with Crippen LogP contribution in [0, 0.1) is 11.5 Å². The van der Waals surface area contributed by atoms with Gasteiger partial charge in [-0.1, -0.05) is 24.3 Å². The van der Waals surface area contributed by atoms with Crippen molar-refractivity contribution in [2.75, 3.05) is 0 Å². The van der Waals surface area contributed by atoms with E-state index in [2.05, 4.69) is 9.73 Å². The Morgan fingerprint density at radius 3 is 1.63 bits per heavy atom. The molecule has 0 radical (unpaired) electrons. The fraction of sp³-hybridized carbons (Fsp3) is 0.300. The Morgan fingerprint density at radius 2 is 1.23 bits per heavy atom. The minimum Gasteiger partial charge on any atom is -0.388 e. The number of carbonyl (C=O) groups excluding carboxylic acids is 1. The molecule has 1 aliphatic carbocycles. The standard InChI is InChI=1S/C20H12F6N2O2/c21-17(9-13-1-5-15(6-2-13)28-12-29)18(22,20(25,26)19(17,23)24)10-14-3-7-16(8-4-14)30-11-27/h1-8H,9-10H2. The normalized spacial score (nSPS) is 26.0. The highest BCUT2D eigenvalue weighted by Crippen LogP contribution is 2.69. The summed E-state index contributed by atoms with van der Waals surface area (Å²) in [6, 6.07) is 8.92. The van der Waals surface area contributed by atoms with E-state index in [1.165, 1.54) is 12.3 Å². The molecule has 1 aliphatic rings. The van der Waals surface area contributed by atoms with Crippen LogP contribution in [0.4, 0.5) is 32.0 Å². The molecule has 156 valence electrons. The molecule has 0 aliphatic heterocycles. The van der Waals surface area contributed by atoms with Crippen molar-refractivity contribution in [3.05, 3.63) is 59.7 Å². The van der Waals surface area contributed by atoms with Crippen LogP contribution in [0.15, 0.2) is 53.5 Å². The molecule has 0 spiro atoms. The molecular formula is C20H12F6N2O2. The molecule has 0 saturated heterocycles. The van der Waals surface area contributed by atoms with Crippen molar-refractivity contribution < 1.29 is 35.9 Å². The van der Waals surface area contributed by atoms with Gasteiger partial charge in [0.2, 0.25) is 17.4 Å². The molecule has 2 aromatic carbocycles. The van der Waals surface area contributed by atoms with E-state index in [9.17, 15) is 22.4 Å². The van der Waals surface area contributed by atoms with E-state index in [1.807, 2.05) is 0 Å². The Bertz CT molecular complexity index is 1030. The van der Waals surface area contributed by atoms with Crippen molar-refractivity contribution in [3.63, 3.8) is 0 Å². The smallest absolute Gasteiger partial charge is 0.350 e. The summed E-state index contributed by atoms with van der Waals surface area (Å²) < 4.78 is 91.6. The number of isocyanates is 1. The lowest BCUT2D eigenvalue weighted by atomic mass is 9.57. The van der Waals surface area contributed by atoms with E-state index in [4.69, 9.17) is 5.26 Å². The Morgan fingerprint density at radius 1 is 0.800 bits per heavy atom. The number of halogens is 6. The number of nitrogens with zero attached hydrogens (tertiary/aromatic N) is 2. The van der Waals surface area contributed by atoms with Gasteiger partial charge in [-0.3, -0.25) is 0 Å². The van der Waals surface area contributed by atoms with Gasteiger partial charge in [-0.15, -0.1) is 5.26 Å². The van der Waals surface area contributed by atoms with Gasteiger partial charge < -0.3 is 4.74 Å². The zero-order valence-electron chi connectivity index (χ0n) is 15.0. The van der Waals surface area contributed by atoms with Crippen LogP contribution in [0.1, 0.15) is 11.1 Å². The van der Waals surface area contributed by atoms with Crippen molar-refractivity contribution in [2.45, 2.75) is 36.0 Å². The molecule has 1 fully saturated rings. The van der Waals surface area contributed by atoms with Crippen LogP contribution in [-0.4, -0.2) is 29.3 Å². The second-order valence-electron chi connectivity index (χ2n) is 6.81. The Kier molecular flexibility index (Phi) is 5.12. The molecule has 2 atom stereocenters. The highest BCUT2D eigenvalue weighted by atomic mass is 19.3. The van der Waals surface area contributed by atoms with E-state index in [-0.39, 0.29) is 22.6 Å². The average molecular weight is 426 g/mol. The third-order valence-electron chi connectivity index (χ3n) is 5.11. The molecule has 2 unspecified atom stereocenters. The number of alkyl halides is 6. The lowest BCUT2D eigenvalue weighted by molar-refractivity contribution is -0.436. The highest BCUT2D eigenvalue weighted by Gasteiger charge is 2.96. The van der Waals surface area contributed by atoms with Crippen LogP contribution in [0.3, 0.4) is 0 Å². The third kappa shape index (κ3) is 2.94. The number of hydrogen-bond donors (Lipinski definition) is 0. The van der Waals surface area contributed by atoms with E-state index in [0.717, 1.165) is 48.5 Å². The zero-order valence-corrected chi connectivity index (χ0v) is 15.0. The van der Waals surface area contributed by atoms with Gasteiger partial charge in [0, 0.05) is 12.8 Å². The molecule has 10 heteroatoms. The van der Waals surface area contributed by atoms with E-state index < -0.39 is 36.0 Å². The van der Waals surface area contributed by atoms with Gasteiger partial charge in [-0.2, -0.15) is 22.6 Å². The van der Waals surface area contributed by atoms with Crippen LogP contribution in [0.2, 0.25) is 0 Å². The summed E-state index contributed by atoms with van der Waals surface area (Å²) in [5.41, 5.74) is -8.67. The van der Waals surface area contributed by atoms with E-state index in [1.54, 1.807) is 0 Å². The first kappa shape index (κ1) is 21.4. The van der Waals surface area contributed by atoms with Gasteiger partial charge in [0.1, 0.15) is 5.75 Å². The molecule has 30 heavy (non-hydrogen) atoms. The molecule has 0 heterocycles. The number of benzene rings is 2. The largest absolute Gasteiger partial charge is 0.388 e. The lowest BCUT2D eigenvalue weighted by Gasteiger charge is -2.59. The average Bonchev–Trinajstić information content (AvgIpc) is 2.70. The van der Waals surface area contributed by atoms with Crippen molar-refractivity contribution in [1.29, 1.82) is 5.26 Å². The molecule has 0 N–H and O–H groups in total. The van der Waals surface area contributed by atoms with E-state index >= 15 is 8.78 Å². The third-order valence-corrected chi connectivity index (χ3v) is 5.11. The summed E-state index contributed by atoms with van der Waals surface area (Å²) in [6.45, 7) is 0. The minimum atomic E-state index is -5.25.